The molecule has 0 aliphatic carbocycles. The van der Waals surface area contributed by atoms with Crippen LogP contribution in [0.25, 0.3) is 0 Å². The molecule has 0 bridgehead atoms. The lowest BCUT2D eigenvalue weighted by Gasteiger charge is -2.31. The van der Waals surface area contributed by atoms with Crippen molar-refractivity contribution < 1.29 is 15.0 Å². The SMILES string of the molecule is O=C(O)C1CCN(CC(O)c2cccs2)CC1. The van der Waals surface area contributed by atoms with Crippen molar-refractivity contribution in [1.82, 2.24) is 4.90 Å². The van der Waals surface area contributed by atoms with Crippen LogP contribution in [0.1, 0.15) is 23.8 Å². The van der Waals surface area contributed by atoms with Crippen LogP contribution >= 0.6 is 11.3 Å². The summed E-state index contributed by atoms with van der Waals surface area (Å²) in [5, 5.41) is 20.8. The molecular formula is C12H17NO3S. The molecule has 1 aliphatic rings. The molecule has 0 amide bonds. The number of piperidine rings is 1. The molecule has 94 valence electrons. The number of thiophene rings is 1. The topological polar surface area (TPSA) is 60.8 Å². The molecule has 1 fully saturated rings. The Kier molecular flexibility index (Phi) is 4.15. The lowest BCUT2D eigenvalue weighted by molar-refractivity contribution is -0.143. The Morgan fingerprint density at radius 3 is 2.76 bits per heavy atom. The van der Waals surface area contributed by atoms with Crippen LogP contribution in [0.4, 0.5) is 0 Å². The predicted molar refractivity (Wildman–Crippen MR) is 66.1 cm³/mol. The third kappa shape index (κ3) is 3.28. The number of aliphatic hydroxyl groups is 1. The van der Waals surface area contributed by atoms with Crippen LogP contribution in [0.15, 0.2) is 17.5 Å². The Morgan fingerprint density at radius 1 is 1.53 bits per heavy atom. The summed E-state index contributed by atoms with van der Waals surface area (Å²) in [6.45, 7) is 2.13. The van der Waals surface area contributed by atoms with Crippen LogP contribution in [0, 0.1) is 5.92 Å². The van der Waals surface area contributed by atoms with E-state index in [4.69, 9.17) is 5.11 Å². The summed E-state index contributed by atoms with van der Waals surface area (Å²) < 4.78 is 0. The summed E-state index contributed by atoms with van der Waals surface area (Å²) in [4.78, 5) is 13.9. The number of carboxylic acid groups (broad SMARTS) is 1. The Balaban J connectivity index is 1.80. The van der Waals surface area contributed by atoms with Crippen LogP contribution in [0.2, 0.25) is 0 Å². The van der Waals surface area contributed by atoms with Gasteiger partial charge in [0.1, 0.15) is 6.10 Å². The summed E-state index contributed by atoms with van der Waals surface area (Å²) in [6.07, 6.45) is 0.926. The number of hydrogen-bond donors (Lipinski definition) is 2. The van der Waals surface area contributed by atoms with Crippen LogP contribution in [-0.2, 0) is 4.79 Å². The molecule has 1 aliphatic heterocycles. The van der Waals surface area contributed by atoms with Crippen molar-refractivity contribution in [1.29, 1.82) is 0 Å². The van der Waals surface area contributed by atoms with Crippen molar-refractivity contribution in [3.8, 4) is 0 Å². The molecule has 1 saturated heterocycles. The zero-order chi connectivity index (χ0) is 12.3. The molecule has 2 rings (SSSR count). The van der Waals surface area contributed by atoms with Crippen molar-refractivity contribution in [3.63, 3.8) is 0 Å². The maximum atomic E-state index is 10.8. The number of hydrogen-bond acceptors (Lipinski definition) is 4. The number of carboxylic acids is 1. The van der Waals surface area contributed by atoms with E-state index in [1.165, 1.54) is 0 Å². The number of aliphatic hydroxyl groups excluding tert-OH is 1. The zero-order valence-corrected chi connectivity index (χ0v) is 10.4. The second-order valence-electron chi connectivity index (χ2n) is 4.44. The van der Waals surface area contributed by atoms with E-state index in [0.717, 1.165) is 18.0 Å². The molecule has 2 heterocycles. The molecule has 5 heteroatoms. The molecule has 2 N–H and O–H groups in total. The lowest BCUT2D eigenvalue weighted by Crippen LogP contribution is -2.38. The summed E-state index contributed by atoms with van der Waals surface area (Å²) in [5.41, 5.74) is 0. The fourth-order valence-electron chi connectivity index (χ4n) is 2.18. The maximum Gasteiger partial charge on any atom is 0.306 e. The normalized spacial score (nSPS) is 20.3. The van der Waals surface area contributed by atoms with Gasteiger partial charge in [0.2, 0.25) is 0 Å². The molecule has 1 aromatic heterocycles. The van der Waals surface area contributed by atoms with Gasteiger partial charge in [0.05, 0.1) is 5.92 Å². The number of rotatable bonds is 4. The van der Waals surface area contributed by atoms with Gasteiger partial charge < -0.3 is 15.1 Å². The molecule has 1 unspecified atom stereocenters. The van der Waals surface area contributed by atoms with E-state index in [1.807, 2.05) is 17.5 Å². The number of aliphatic carboxylic acids is 1. The van der Waals surface area contributed by atoms with E-state index < -0.39 is 12.1 Å². The summed E-state index contributed by atoms with van der Waals surface area (Å²) in [7, 11) is 0. The molecule has 4 nitrogen and oxygen atoms in total. The first-order chi connectivity index (χ1) is 8.16. The zero-order valence-electron chi connectivity index (χ0n) is 9.58. The Labute approximate surface area is 104 Å². The lowest BCUT2D eigenvalue weighted by atomic mass is 9.97. The minimum absolute atomic E-state index is 0.204. The highest BCUT2D eigenvalue weighted by molar-refractivity contribution is 7.10. The largest absolute Gasteiger partial charge is 0.481 e. The average Bonchev–Trinajstić information content (AvgIpc) is 2.83. The van der Waals surface area contributed by atoms with E-state index in [0.29, 0.717) is 19.4 Å². The predicted octanol–water partition coefficient (Wildman–Crippen LogP) is 1.58. The van der Waals surface area contributed by atoms with Gasteiger partial charge in [-0.1, -0.05) is 6.07 Å². The van der Waals surface area contributed by atoms with E-state index in [9.17, 15) is 9.90 Å². The third-order valence-electron chi connectivity index (χ3n) is 3.24. The Morgan fingerprint density at radius 2 is 2.24 bits per heavy atom. The number of nitrogens with zero attached hydrogens (tertiary/aromatic N) is 1. The molecule has 0 spiro atoms. The van der Waals surface area contributed by atoms with Crippen molar-refractivity contribution in [2.45, 2.75) is 18.9 Å². The van der Waals surface area contributed by atoms with E-state index in [1.54, 1.807) is 11.3 Å². The molecule has 0 aromatic carbocycles. The van der Waals surface area contributed by atoms with Gasteiger partial charge in [-0.2, -0.15) is 0 Å². The molecular weight excluding hydrogens is 238 g/mol. The quantitative estimate of drug-likeness (QED) is 0.857. The third-order valence-corrected chi connectivity index (χ3v) is 4.21. The van der Waals surface area contributed by atoms with E-state index in [2.05, 4.69) is 4.90 Å². The van der Waals surface area contributed by atoms with Gasteiger partial charge in [0, 0.05) is 11.4 Å². The van der Waals surface area contributed by atoms with Gasteiger partial charge >= 0.3 is 5.97 Å². The minimum atomic E-state index is -0.691. The highest BCUT2D eigenvalue weighted by Gasteiger charge is 2.25. The second-order valence-corrected chi connectivity index (χ2v) is 5.42. The molecule has 0 radical (unpaired) electrons. The van der Waals surface area contributed by atoms with Crippen molar-refractivity contribution >= 4 is 17.3 Å². The molecule has 17 heavy (non-hydrogen) atoms. The number of β-amino-alcohol motifs (C(OH)–C–C–N with tert-alkyl or cyclic N) is 1. The first-order valence-electron chi connectivity index (χ1n) is 5.83. The maximum absolute atomic E-state index is 10.8. The van der Waals surface area contributed by atoms with Gasteiger partial charge in [-0.25, -0.2) is 0 Å². The van der Waals surface area contributed by atoms with Crippen molar-refractivity contribution in [2.75, 3.05) is 19.6 Å². The van der Waals surface area contributed by atoms with Gasteiger partial charge in [0.25, 0.3) is 0 Å². The molecule has 0 saturated carbocycles. The first kappa shape index (κ1) is 12.5. The van der Waals surface area contributed by atoms with E-state index >= 15 is 0 Å². The van der Waals surface area contributed by atoms with Gasteiger partial charge in [-0.3, -0.25) is 4.79 Å². The van der Waals surface area contributed by atoms with E-state index in [-0.39, 0.29) is 5.92 Å². The summed E-state index contributed by atoms with van der Waals surface area (Å²) in [5.74, 6) is -0.895. The van der Waals surface area contributed by atoms with Gasteiger partial charge in [-0.05, 0) is 37.4 Å². The van der Waals surface area contributed by atoms with Crippen LogP contribution in [0.3, 0.4) is 0 Å². The number of carbonyl (C=O) groups is 1. The second kappa shape index (κ2) is 5.62. The Bertz CT molecular complexity index is 358. The number of likely N-dealkylation sites (tertiary alicyclic amines) is 1. The minimum Gasteiger partial charge on any atom is -0.481 e. The van der Waals surface area contributed by atoms with Crippen LogP contribution in [-0.4, -0.2) is 40.7 Å². The summed E-state index contributed by atoms with van der Waals surface area (Å²) in [6, 6.07) is 3.86. The fourth-order valence-corrected chi connectivity index (χ4v) is 2.88. The summed E-state index contributed by atoms with van der Waals surface area (Å²) >= 11 is 1.55. The smallest absolute Gasteiger partial charge is 0.306 e. The standard InChI is InChI=1S/C12H17NO3S/c14-10(11-2-1-7-17-11)8-13-5-3-9(4-6-13)12(15)16/h1-2,7,9-10,14H,3-6,8H2,(H,15,16). The fraction of sp³-hybridized carbons (Fsp3) is 0.583. The van der Waals surface area contributed by atoms with Crippen LogP contribution in [0.5, 0.6) is 0 Å². The van der Waals surface area contributed by atoms with Crippen molar-refractivity contribution in [2.24, 2.45) is 5.92 Å². The molecule has 1 atom stereocenters. The highest BCUT2D eigenvalue weighted by atomic mass is 32.1. The monoisotopic (exact) mass is 255 g/mol. The van der Waals surface area contributed by atoms with Gasteiger partial charge in [-0.15, -0.1) is 11.3 Å². The molecule has 1 aromatic rings. The highest BCUT2D eigenvalue weighted by Crippen LogP contribution is 2.23. The Hall–Kier alpha value is -0.910. The average molecular weight is 255 g/mol. The van der Waals surface area contributed by atoms with Crippen LogP contribution < -0.4 is 0 Å². The first-order valence-corrected chi connectivity index (χ1v) is 6.71. The van der Waals surface area contributed by atoms with Crippen molar-refractivity contribution in [3.05, 3.63) is 22.4 Å². The van der Waals surface area contributed by atoms with Gasteiger partial charge in [0.15, 0.2) is 0 Å².